The van der Waals surface area contributed by atoms with Gasteiger partial charge in [-0.05, 0) is 31.9 Å². The maximum atomic E-state index is 12.9. The lowest BCUT2D eigenvalue weighted by Gasteiger charge is -2.39. The molecule has 2 heterocycles. The van der Waals surface area contributed by atoms with Crippen LogP contribution >= 0.6 is 0 Å². The molecule has 0 radical (unpaired) electrons. The Morgan fingerprint density at radius 2 is 2.00 bits per heavy atom. The van der Waals surface area contributed by atoms with E-state index in [-0.39, 0.29) is 17.7 Å². The monoisotopic (exact) mass is 301 g/mol. The van der Waals surface area contributed by atoms with Gasteiger partial charge in [0.25, 0.3) is 0 Å². The predicted molar refractivity (Wildman–Crippen MR) is 84.1 cm³/mol. The van der Waals surface area contributed by atoms with Crippen LogP contribution in [0.15, 0.2) is 30.3 Å². The zero-order valence-electron chi connectivity index (χ0n) is 12.9. The average Bonchev–Trinajstić information content (AvgIpc) is 2.55. The van der Waals surface area contributed by atoms with Gasteiger partial charge in [0.15, 0.2) is 0 Å². The van der Waals surface area contributed by atoms with Crippen molar-refractivity contribution in [1.82, 2.24) is 15.5 Å². The highest BCUT2D eigenvalue weighted by molar-refractivity contribution is 5.90. The molecule has 0 bridgehead atoms. The van der Waals surface area contributed by atoms with Crippen LogP contribution in [0.2, 0.25) is 0 Å². The Kier molecular flexibility index (Phi) is 4.43. The van der Waals surface area contributed by atoms with E-state index in [1.807, 2.05) is 30.3 Å². The molecule has 3 atom stereocenters. The summed E-state index contributed by atoms with van der Waals surface area (Å²) in [4.78, 5) is 27.1. The number of nitrogens with zero attached hydrogens (tertiary/aromatic N) is 1. The van der Waals surface area contributed by atoms with E-state index < -0.39 is 6.04 Å². The van der Waals surface area contributed by atoms with Gasteiger partial charge in [-0.15, -0.1) is 0 Å². The van der Waals surface area contributed by atoms with Crippen LogP contribution in [-0.2, 0) is 9.59 Å². The smallest absolute Gasteiger partial charge is 0.247 e. The van der Waals surface area contributed by atoms with Gasteiger partial charge < -0.3 is 15.5 Å². The molecule has 1 aromatic carbocycles. The summed E-state index contributed by atoms with van der Waals surface area (Å²) in [7, 11) is 0. The number of nitrogens with one attached hydrogen (secondary N) is 2. The second kappa shape index (κ2) is 6.48. The molecule has 118 valence electrons. The molecule has 2 aliphatic heterocycles. The minimum Gasteiger partial charge on any atom is -0.352 e. The number of carbonyl (C=O) groups excluding carboxylic acids is 2. The Bertz CT molecular complexity index is 546. The van der Waals surface area contributed by atoms with Crippen molar-refractivity contribution >= 4 is 11.8 Å². The summed E-state index contributed by atoms with van der Waals surface area (Å²) < 4.78 is 0. The largest absolute Gasteiger partial charge is 0.352 e. The van der Waals surface area contributed by atoms with Crippen molar-refractivity contribution in [3.05, 3.63) is 35.9 Å². The van der Waals surface area contributed by atoms with E-state index in [1.54, 1.807) is 4.90 Å². The molecule has 5 heteroatoms. The van der Waals surface area contributed by atoms with E-state index in [9.17, 15) is 9.59 Å². The first kappa shape index (κ1) is 15.0. The van der Waals surface area contributed by atoms with E-state index in [0.717, 1.165) is 24.9 Å². The second-order valence-corrected chi connectivity index (χ2v) is 6.21. The van der Waals surface area contributed by atoms with Crippen LogP contribution in [-0.4, -0.2) is 42.4 Å². The van der Waals surface area contributed by atoms with Gasteiger partial charge in [-0.25, -0.2) is 0 Å². The quantitative estimate of drug-likeness (QED) is 0.859. The maximum Gasteiger partial charge on any atom is 0.247 e. The first-order valence-electron chi connectivity index (χ1n) is 8.03. The minimum absolute atomic E-state index is 0.0216. The zero-order valence-corrected chi connectivity index (χ0v) is 12.9. The third-order valence-electron chi connectivity index (χ3n) is 4.58. The van der Waals surface area contributed by atoms with E-state index in [1.165, 1.54) is 0 Å². The molecule has 2 fully saturated rings. The third-order valence-corrected chi connectivity index (χ3v) is 4.58. The minimum atomic E-state index is -0.493. The molecular formula is C17H23N3O2. The normalized spacial score (nSPS) is 29.0. The van der Waals surface area contributed by atoms with E-state index in [0.29, 0.717) is 19.1 Å². The molecule has 1 unspecified atom stereocenters. The van der Waals surface area contributed by atoms with Crippen molar-refractivity contribution < 1.29 is 9.59 Å². The lowest BCUT2D eigenvalue weighted by atomic mass is 9.90. The number of benzene rings is 1. The van der Waals surface area contributed by atoms with Crippen LogP contribution in [0.1, 0.15) is 31.4 Å². The first-order chi connectivity index (χ1) is 10.7. The molecule has 0 aromatic heterocycles. The first-order valence-corrected chi connectivity index (χ1v) is 8.03. The lowest BCUT2D eigenvalue weighted by molar-refractivity contribution is -0.147. The van der Waals surface area contributed by atoms with Crippen molar-refractivity contribution in [2.24, 2.45) is 5.92 Å². The fourth-order valence-electron chi connectivity index (χ4n) is 3.46. The Labute approximate surface area is 131 Å². The molecule has 2 saturated heterocycles. The van der Waals surface area contributed by atoms with Gasteiger partial charge >= 0.3 is 0 Å². The molecular weight excluding hydrogens is 278 g/mol. The zero-order chi connectivity index (χ0) is 15.5. The number of piperidine rings is 1. The Balaban J connectivity index is 1.83. The number of rotatable bonds is 2. The van der Waals surface area contributed by atoms with Crippen molar-refractivity contribution in [3.63, 3.8) is 0 Å². The van der Waals surface area contributed by atoms with Crippen LogP contribution in [0.3, 0.4) is 0 Å². The lowest BCUT2D eigenvalue weighted by Crippen LogP contribution is -2.54. The Hall–Kier alpha value is -1.88. The fraction of sp³-hybridized carbons (Fsp3) is 0.529. The Morgan fingerprint density at radius 1 is 1.23 bits per heavy atom. The highest BCUT2D eigenvalue weighted by atomic mass is 16.2. The number of amides is 2. The number of piperazine rings is 1. The van der Waals surface area contributed by atoms with Crippen molar-refractivity contribution in [2.75, 3.05) is 19.6 Å². The van der Waals surface area contributed by atoms with Crippen LogP contribution < -0.4 is 10.6 Å². The number of carbonyl (C=O) groups is 2. The van der Waals surface area contributed by atoms with Crippen molar-refractivity contribution in [3.8, 4) is 0 Å². The van der Waals surface area contributed by atoms with Gasteiger partial charge in [-0.3, -0.25) is 9.59 Å². The summed E-state index contributed by atoms with van der Waals surface area (Å²) in [6.07, 6.45) is 1.70. The molecule has 2 aliphatic rings. The molecule has 22 heavy (non-hydrogen) atoms. The highest BCUT2D eigenvalue weighted by Crippen LogP contribution is 2.28. The van der Waals surface area contributed by atoms with Gasteiger partial charge in [0.1, 0.15) is 6.04 Å². The van der Waals surface area contributed by atoms with E-state index in [2.05, 4.69) is 17.6 Å². The summed E-state index contributed by atoms with van der Waals surface area (Å²) in [5, 5.41) is 6.25. The molecule has 5 nitrogen and oxygen atoms in total. The molecule has 3 rings (SSSR count). The topological polar surface area (TPSA) is 61.4 Å². The molecule has 0 aliphatic carbocycles. The summed E-state index contributed by atoms with van der Waals surface area (Å²) in [6, 6.07) is 9.44. The van der Waals surface area contributed by atoms with E-state index >= 15 is 0 Å². The average molecular weight is 301 g/mol. The summed E-state index contributed by atoms with van der Waals surface area (Å²) >= 11 is 0. The van der Waals surface area contributed by atoms with Gasteiger partial charge in [0.2, 0.25) is 11.8 Å². The van der Waals surface area contributed by atoms with Gasteiger partial charge in [-0.1, -0.05) is 30.3 Å². The number of hydrogen-bond donors (Lipinski definition) is 2. The van der Waals surface area contributed by atoms with Gasteiger partial charge in [0, 0.05) is 25.0 Å². The molecule has 1 aromatic rings. The summed E-state index contributed by atoms with van der Waals surface area (Å²) in [6.45, 7) is 4.10. The van der Waals surface area contributed by atoms with Gasteiger partial charge in [0.05, 0.1) is 0 Å². The molecule has 0 spiro atoms. The number of hydrogen-bond acceptors (Lipinski definition) is 3. The summed E-state index contributed by atoms with van der Waals surface area (Å²) in [5.41, 5.74) is 0.884. The van der Waals surface area contributed by atoms with Crippen molar-refractivity contribution in [1.29, 1.82) is 0 Å². The van der Waals surface area contributed by atoms with Crippen LogP contribution in [0, 0.1) is 5.92 Å². The van der Waals surface area contributed by atoms with Crippen LogP contribution in [0.5, 0.6) is 0 Å². The standard InChI is InChI=1S/C17H23N3O2/c1-12-11-14(7-8-18-12)17(22)20-10-9-19-16(21)15(20)13-5-3-2-4-6-13/h2-6,12,14-15,18H,7-11H2,1H3,(H,19,21)/t12-,14-,15?/m0/s1. The Morgan fingerprint density at radius 3 is 2.73 bits per heavy atom. The summed E-state index contributed by atoms with van der Waals surface area (Å²) in [5.74, 6) is 0.0678. The molecule has 2 N–H and O–H groups in total. The van der Waals surface area contributed by atoms with Crippen LogP contribution in [0.4, 0.5) is 0 Å². The van der Waals surface area contributed by atoms with E-state index in [4.69, 9.17) is 0 Å². The van der Waals surface area contributed by atoms with Gasteiger partial charge in [-0.2, -0.15) is 0 Å². The molecule has 2 amide bonds. The maximum absolute atomic E-state index is 12.9. The fourth-order valence-corrected chi connectivity index (χ4v) is 3.46. The predicted octanol–water partition coefficient (Wildman–Crippen LogP) is 1.07. The third kappa shape index (κ3) is 2.99. The second-order valence-electron chi connectivity index (χ2n) is 6.21. The SMILES string of the molecule is C[C@H]1C[C@@H](C(=O)N2CCNC(=O)C2c2ccccc2)CCN1. The van der Waals surface area contributed by atoms with Crippen molar-refractivity contribution in [2.45, 2.75) is 31.8 Å². The van der Waals surface area contributed by atoms with Crippen LogP contribution in [0.25, 0.3) is 0 Å². The highest BCUT2D eigenvalue weighted by Gasteiger charge is 2.38. The molecule has 0 saturated carbocycles.